The topological polar surface area (TPSA) is 44.5 Å². The van der Waals surface area contributed by atoms with Crippen LogP contribution in [-0.4, -0.2) is 19.8 Å². The summed E-state index contributed by atoms with van der Waals surface area (Å²) < 4.78 is 12.4. The van der Waals surface area contributed by atoms with Gasteiger partial charge in [0, 0.05) is 10.0 Å². The lowest BCUT2D eigenvalue weighted by Crippen LogP contribution is -2.19. The fraction of sp³-hybridized carbons (Fsp3) is 0.500. The number of benzene rings is 1. The monoisotopic (exact) mass is 285 g/mol. The van der Waals surface area contributed by atoms with E-state index in [0.29, 0.717) is 19.8 Å². The van der Waals surface area contributed by atoms with Crippen LogP contribution in [0.15, 0.2) is 10.5 Å². The van der Waals surface area contributed by atoms with Gasteiger partial charge in [-0.1, -0.05) is 22.9 Å². The molecule has 1 aromatic rings. The summed E-state index contributed by atoms with van der Waals surface area (Å²) in [7, 11) is 0. The summed E-state index contributed by atoms with van der Waals surface area (Å²) in [5.41, 5.74) is 8.09. The molecule has 1 heterocycles. The second kappa shape index (κ2) is 4.63. The third kappa shape index (κ3) is 1.92. The molecule has 3 nitrogen and oxygen atoms in total. The maximum Gasteiger partial charge on any atom is 0.165 e. The van der Waals surface area contributed by atoms with Gasteiger partial charge in [0.05, 0.1) is 0 Å². The summed E-state index contributed by atoms with van der Waals surface area (Å²) in [5, 5.41) is 0. The Morgan fingerprint density at radius 2 is 2.12 bits per heavy atom. The Morgan fingerprint density at radius 3 is 2.81 bits per heavy atom. The molecule has 0 amide bonds. The van der Waals surface area contributed by atoms with Crippen LogP contribution in [0.3, 0.4) is 0 Å². The smallest absolute Gasteiger partial charge is 0.165 e. The lowest BCUT2D eigenvalue weighted by molar-refractivity contribution is 0.169. The molecule has 0 spiro atoms. The first-order valence-corrected chi connectivity index (χ1v) is 6.23. The quantitative estimate of drug-likeness (QED) is 0.908. The van der Waals surface area contributed by atoms with Gasteiger partial charge in [-0.05, 0) is 31.0 Å². The molecule has 1 aliphatic rings. The summed E-state index contributed by atoms with van der Waals surface area (Å²) >= 11 is 3.55. The van der Waals surface area contributed by atoms with E-state index >= 15 is 0 Å². The van der Waals surface area contributed by atoms with Crippen LogP contribution in [0.2, 0.25) is 0 Å². The molecule has 0 saturated heterocycles. The fourth-order valence-corrected chi connectivity index (χ4v) is 2.40. The van der Waals surface area contributed by atoms with Gasteiger partial charge in [0.25, 0.3) is 0 Å². The maximum atomic E-state index is 5.74. The summed E-state index contributed by atoms with van der Waals surface area (Å²) in [6.45, 7) is 6.00. The van der Waals surface area contributed by atoms with Crippen LogP contribution in [0.25, 0.3) is 0 Å². The van der Waals surface area contributed by atoms with Crippen molar-refractivity contribution in [2.45, 2.75) is 19.8 Å². The molecule has 0 aromatic heterocycles. The van der Waals surface area contributed by atoms with Crippen LogP contribution >= 0.6 is 15.9 Å². The highest BCUT2D eigenvalue weighted by atomic mass is 79.9. The van der Waals surface area contributed by atoms with Crippen LogP contribution in [0.1, 0.15) is 24.0 Å². The number of halogens is 1. The Balaban J connectivity index is 2.59. The standard InChI is InChI=1S/C12H16BrNO2/c1-7(6-14)11-8(2)9(13)5-10-12(11)16-4-3-15-10/h5,7H,3-4,6,14H2,1-2H3. The van der Waals surface area contributed by atoms with Crippen molar-refractivity contribution in [2.24, 2.45) is 5.73 Å². The van der Waals surface area contributed by atoms with Gasteiger partial charge in [-0.15, -0.1) is 0 Å². The molecular formula is C12H16BrNO2. The van der Waals surface area contributed by atoms with Gasteiger partial charge in [0.15, 0.2) is 11.5 Å². The Hall–Kier alpha value is -0.740. The van der Waals surface area contributed by atoms with E-state index in [1.54, 1.807) is 0 Å². The molecule has 0 aliphatic carbocycles. The summed E-state index contributed by atoms with van der Waals surface area (Å²) in [5.74, 6) is 1.96. The van der Waals surface area contributed by atoms with Gasteiger partial charge in [-0.25, -0.2) is 0 Å². The molecule has 16 heavy (non-hydrogen) atoms. The zero-order chi connectivity index (χ0) is 11.7. The van der Waals surface area contributed by atoms with E-state index in [4.69, 9.17) is 15.2 Å². The zero-order valence-electron chi connectivity index (χ0n) is 9.55. The SMILES string of the molecule is Cc1c(Br)cc2c(c1C(C)CN)OCCO2. The van der Waals surface area contributed by atoms with Crippen LogP contribution in [0, 0.1) is 6.92 Å². The lowest BCUT2D eigenvalue weighted by atomic mass is 9.94. The van der Waals surface area contributed by atoms with Crippen LogP contribution in [0.5, 0.6) is 11.5 Å². The van der Waals surface area contributed by atoms with Crippen molar-refractivity contribution in [3.05, 3.63) is 21.7 Å². The van der Waals surface area contributed by atoms with Gasteiger partial charge in [-0.2, -0.15) is 0 Å². The third-order valence-electron chi connectivity index (χ3n) is 2.92. The second-order valence-corrected chi connectivity index (χ2v) is 4.91. The van der Waals surface area contributed by atoms with Gasteiger partial charge in [0.1, 0.15) is 13.2 Å². The van der Waals surface area contributed by atoms with E-state index in [1.807, 2.05) is 6.07 Å². The first-order chi connectivity index (χ1) is 7.65. The van der Waals surface area contributed by atoms with E-state index < -0.39 is 0 Å². The number of fused-ring (bicyclic) bond motifs is 1. The average Bonchev–Trinajstić information content (AvgIpc) is 2.30. The first-order valence-electron chi connectivity index (χ1n) is 5.43. The predicted molar refractivity (Wildman–Crippen MR) is 67.3 cm³/mol. The second-order valence-electron chi connectivity index (χ2n) is 4.06. The van der Waals surface area contributed by atoms with E-state index in [2.05, 4.69) is 29.8 Å². The highest BCUT2D eigenvalue weighted by Crippen LogP contribution is 2.42. The van der Waals surface area contributed by atoms with Crippen molar-refractivity contribution in [1.29, 1.82) is 0 Å². The molecule has 1 aromatic carbocycles. The average molecular weight is 286 g/mol. The Bertz CT molecular complexity index is 406. The molecular weight excluding hydrogens is 270 g/mol. The van der Waals surface area contributed by atoms with Gasteiger partial charge >= 0.3 is 0 Å². The normalized spacial score (nSPS) is 16.0. The van der Waals surface area contributed by atoms with Crippen LogP contribution in [-0.2, 0) is 0 Å². The van der Waals surface area contributed by atoms with Crippen molar-refractivity contribution in [1.82, 2.24) is 0 Å². The molecule has 4 heteroatoms. The number of ether oxygens (including phenoxy) is 2. The molecule has 1 aliphatic heterocycles. The Labute approximate surface area is 104 Å². The molecule has 88 valence electrons. The van der Waals surface area contributed by atoms with Crippen molar-refractivity contribution >= 4 is 15.9 Å². The minimum absolute atomic E-state index is 0.271. The lowest BCUT2D eigenvalue weighted by Gasteiger charge is -2.25. The Morgan fingerprint density at radius 1 is 1.44 bits per heavy atom. The van der Waals surface area contributed by atoms with Gasteiger partial charge in [-0.3, -0.25) is 0 Å². The minimum atomic E-state index is 0.271. The van der Waals surface area contributed by atoms with E-state index in [-0.39, 0.29) is 5.92 Å². The van der Waals surface area contributed by atoms with Crippen molar-refractivity contribution < 1.29 is 9.47 Å². The van der Waals surface area contributed by atoms with Crippen LogP contribution < -0.4 is 15.2 Å². The molecule has 1 unspecified atom stereocenters. The van der Waals surface area contributed by atoms with E-state index in [1.165, 1.54) is 5.56 Å². The number of nitrogens with two attached hydrogens (primary N) is 1. The molecule has 0 saturated carbocycles. The minimum Gasteiger partial charge on any atom is -0.486 e. The van der Waals surface area contributed by atoms with Crippen molar-refractivity contribution in [3.63, 3.8) is 0 Å². The largest absolute Gasteiger partial charge is 0.486 e. The van der Waals surface area contributed by atoms with Crippen LogP contribution in [0.4, 0.5) is 0 Å². The van der Waals surface area contributed by atoms with E-state index in [0.717, 1.165) is 21.5 Å². The van der Waals surface area contributed by atoms with Crippen molar-refractivity contribution in [2.75, 3.05) is 19.8 Å². The third-order valence-corrected chi connectivity index (χ3v) is 3.75. The fourth-order valence-electron chi connectivity index (χ4n) is 1.98. The Kier molecular flexibility index (Phi) is 3.40. The summed E-state index contributed by atoms with van der Waals surface area (Å²) in [4.78, 5) is 0. The number of rotatable bonds is 2. The highest BCUT2D eigenvalue weighted by molar-refractivity contribution is 9.10. The maximum absolute atomic E-state index is 5.74. The predicted octanol–water partition coefficient (Wildman–Crippen LogP) is 2.59. The molecule has 1 atom stereocenters. The summed E-state index contributed by atoms with van der Waals surface area (Å²) in [6, 6.07) is 1.97. The van der Waals surface area contributed by atoms with E-state index in [9.17, 15) is 0 Å². The van der Waals surface area contributed by atoms with Gasteiger partial charge < -0.3 is 15.2 Å². The van der Waals surface area contributed by atoms with Gasteiger partial charge in [0.2, 0.25) is 0 Å². The first kappa shape index (κ1) is 11.7. The number of hydrogen-bond acceptors (Lipinski definition) is 3. The molecule has 0 radical (unpaired) electrons. The molecule has 0 bridgehead atoms. The zero-order valence-corrected chi connectivity index (χ0v) is 11.1. The molecule has 2 rings (SSSR count). The highest BCUT2D eigenvalue weighted by Gasteiger charge is 2.23. The summed E-state index contributed by atoms with van der Waals surface area (Å²) in [6.07, 6.45) is 0. The van der Waals surface area contributed by atoms with Crippen molar-refractivity contribution in [3.8, 4) is 11.5 Å². The molecule has 2 N–H and O–H groups in total. The number of hydrogen-bond donors (Lipinski definition) is 1. The molecule has 0 fully saturated rings.